The molecule has 144 valence electrons. The Morgan fingerprint density at radius 3 is 2.65 bits per heavy atom. The van der Waals surface area contributed by atoms with E-state index in [4.69, 9.17) is 16.3 Å². The van der Waals surface area contributed by atoms with Crippen LogP contribution in [-0.4, -0.2) is 54.9 Å². The molecular weight excluding hydrogens is 360 g/mol. The lowest BCUT2D eigenvalue weighted by atomic mass is 9.92. The first-order valence-electron chi connectivity index (χ1n) is 8.06. The number of amides is 1. The highest BCUT2D eigenvalue weighted by molar-refractivity contribution is 6.32. The molecule has 0 aromatic heterocycles. The van der Waals surface area contributed by atoms with Crippen LogP contribution in [0.1, 0.15) is 12.5 Å². The van der Waals surface area contributed by atoms with Gasteiger partial charge in [0.2, 0.25) is 5.91 Å². The second-order valence-electron chi connectivity index (χ2n) is 6.24. The number of carbonyl (C=O) groups is 2. The third-order valence-corrected chi connectivity index (χ3v) is 4.30. The SMILES string of the molecule is C=CC(=O)N[C@@H](CNCC(C)(CO)C(=O)O)Cc1ccc(OC)c(Cl)c1. The van der Waals surface area contributed by atoms with Crippen molar-refractivity contribution in [2.24, 2.45) is 5.41 Å². The number of aliphatic carboxylic acids is 1. The van der Waals surface area contributed by atoms with E-state index < -0.39 is 18.0 Å². The standard InChI is InChI=1S/C18H25ClN2O5/c1-4-16(23)21-13(9-20-10-18(2,11-22)17(24)25)7-12-5-6-15(26-3)14(19)8-12/h4-6,8,13,20,22H,1,7,9-11H2,2-3H3,(H,21,23)(H,24,25)/t13-,18?/m1/s1. The van der Waals surface area contributed by atoms with Gasteiger partial charge in [-0.25, -0.2) is 0 Å². The molecule has 1 rings (SSSR count). The summed E-state index contributed by atoms with van der Waals surface area (Å²) in [7, 11) is 1.53. The van der Waals surface area contributed by atoms with Gasteiger partial charge in [0.15, 0.2) is 0 Å². The van der Waals surface area contributed by atoms with Gasteiger partial charge in [0.05, 0.1) is 18.7 Å². The van der Waals surface area contributed by atoms with Crippen molar-refractivity contribution in [3.63, 3.8) is 0 Å². The molecule has 1 amide bonds. The molecule has 0 aliphatic carbocycles. The van der Waals surface area contributed by atoms with E-state index in [-0.39, 0.29) is 18.5 Å². The van der Waals surface area contributed by atoms with E-state index in [1.54, 1.807) is 12.1 Å². The minimum atomic E-state index is -1.30. The van der Waals surface area contributed by atoms with Crippen molar-refractivity contribution < 1.29 is 24.5 Å². The smallest absolute Gasteiger partial charge is 0.312 e. The van der Waals surface area contributed by atoms with E-state index in [0.717, 1.165) is 5.56 Å². The lowest BCUT2D eigenvalue weighted by molar-refractivity contribution is -0.150. The maximum atomic E-state index is 11.7. The Labute approximate surface area is 158 Å². The van der Waals surface area contributed by atoms with Gasteiger partial charge in [-0.2, -0.15) is 0 Å². The van der Waals surface area contributed by atoms with Gasteiger partial charge in [0, 0.05) is 19.1 Å². The average Bonchev–Trinajstić information content (AvgIpc) is 2.61. The normalized spacial score (nSPS) is 14.2. The second-order valence-corrected chi connectivity index (χ2v) is 6.64. The molecule has 7 nitrogen and oxygen atoms in total. The van der Waals surface area contributed by atoms with E-state index in [1.807, 2.05) is 6.07 Å². The largest absolute Gasteiger partial charge is 0.495 e. The van der Waals surface area contributed by atoms with Gasteiger partial charge in [-0.3, -0.25) is 9.59 Å². The summed E-state index contributed by atoms with van der Waals surface area (Å²) in [6, 6.07) is 5.02. The number of carbonyl (C=O) groups excluding carboxylic acids is 1. The first-order chi connectivity index (χ1) is 12.3. The fourth-order valence-electron chi connectivity index (χ4n) is 2.28. The first kappa shape index (κ1) is 22.0. The van der Waals surface area contributed by atoms with Gasteiger partial charge in [-0.1, -0.05) is 24.2 Å². The number of carboxylic acids is 1. The van der Waals surface area contributed by atoms with E-state index in [0.29, 0.717) is 23.7 Å². The lowest BCUT2D eigenvalue weighted by Crippen LogP contribution is -2.47. The number of aliphatic hydroxyl groups excluding tert-OH is 1. The molecule has 0 fully saturated rings. The maximum absolute atomic E-state index is 11.7. The quantitative estimate of drug-likeness (QED) is 0.427. The van der Waals surface area contributed by atoms with Gasteiger partial charge in [0.25, 0.3) is 0 Å². The molecular formula is C18H25ClN2O5. The molecule has 0 saturated carbocycles. The molecule has 2 atom stereocenters. The Morgan fingerprint density at radius 1 is 1.46 bits per heavy atom. The Hall–Kier alpha value is -2.09. The Kier molecular flexibility index (Phi) is 8.57. The molecule has 0 spiro atoms. The van der Waals surface area contributed by atoms with Crippen molar-refractivity contribution in [1.29, 1.82) is 0 Å². The number of ether oxygens (including phenoxy) is 1. The van der Waals surface area contributed by atoms with Crippen LogP contribution in [-0.2, 0) is 16.0 Å². The number of rotatable bonds is 11. The predicted octanol–water partition coefficient (Wildman–Crippen LogP) is 1.23. The van der Waals surface area contributed by atoms with Crippen molar-refractivity contribution in [2.45, 2.75) is 19.4 Å². The molecule has 1 unspecified atom stereocenters. The van der Waals surface area contributed by atoms with Crippen LogP contribution in [0, 0.1) is 5.41 Å². The second kappa shape index (κ2) is 10.2. The fraction of sp³-hybridized carbons (Fsp3) is 0.444. The highest BCUT2D eigenvalue weighted by Crippen LogP contribution is 2.25. The van der Waals surface area contributed by atoms with E-state index >= 15 is 0 Å². The van der Waals surface area contributed by atoms with Crippen LogP contribution in [0.15, 0.2) is 30.9 Å². The monoisotopic (exact) mass is 384 g/mol. The van der Waals surface area contributed by atoms with Crippen LogP contribution < -0.4 is 15.4 Å². The Morgan fingerprint density at radius 2 is 2.15 bits per heavy atom. The Balaban J connectivity index is 2.79. The summed E-state index contributed by atoms with van der Waals surface area (Å²) in [6.45, 7) is 4.76. The van der Waals surface area contributed by atoms with Crippen molar-refractivity contribution in [3.8, 4) is 5.75 Å². The zero-order valence-electron chi connectivity index (χ0n) is 14.9. The van der Waals surface area contributed by atoms with Crippen LogP contribution in [0.3, 0.4) is 0 Å². The van der Waals surface area contributed by atoms with Crippen LogP contribution in [0.5, 0.6) is 5.75 Å². The van der Waals surface area contributed by atoms with Crippen LogP contribution in [0.2, 0.25) is 5.02 Å². The zero-order chi connectivity index (χ0) is 19.7. The third-order valence-electron chi connectivity index (χ3n) is 4.00. The highest BCUT2D eigenvalue weighted by atomic mass is 35.5. The summed E-state index contributed by atoms with van der Waals surface area (Å²) < 4.78 is 5.12. The minimum Gasteiger partial charge on any atom is -0.495 e. The molecule has 1 aromatic carbocycles. The average molecular weight is 385 g/mol. The van der Waals surface area contributed by atoms with E-state index in [2.05, 4.69) is 17.2 Å². The molecule has 0 radical (unpaired) electrons. The number of halogens is 1. The third kappa shape index (κ3) is 6.33. The van der Waals surface area contributed by atoms with Gasteiger partial charge in [-0.15, -0.1) is 0 Å². The van der Waals surface area contributed by atoms with Crippen LogP contribution in [0.25, 0.3) is 0 Å². The summed E-state index contributed by atoms with van der Waals surface area (Å²) in [6.07, 6.45) is 1.64. The van der Waals surface area contributed by atoms with Crippen molar-refractivity contribution in [2.75, 3.05) is 26.8 Å². The molecule has 0 aliphatic heterocycles. The highest BCUT2D eigenvalue weighted by Gasteiger charge is 2.32. The topological polar surface area (TPSA) is 108 Å². The van der Waals surface area contributed by atoms with Crippen LogP contribution >= 0.6 is 11.6 Å². The number of nitrogens with one attached hydrogen (secondary N) is 2. The molecule has 1 aromatic rings. The molecule has 0 heterocycles. The Bertz CT molecular complexity index is 652. The number of carboxylic acid groups (broad SMARTS) is 1. The first-order valence-corrected chi connectivity index (χ1v) is 8.44. The molecule has 8 heteroatoms. The van der Waals surface area contributed by atoms with Gasteiger partial charge in [0.1, 0.15) is 11.2 Å². The maximum Gasteiger partial charge on any atom is 0.312 e. The van der Waals surface area contributed by atoms with Crippen LogP contribution in [0.4, 0.5) is 0 Å². The number of benzene rings is 1. The van der Waals surface area contributed by atoms with E-state index in [1.165, 1.54) is 20.1 Å². The lowest BCUT2D eigenvalue weighted by Gasteiger charge is -2.25. The molecule has 0 aliphatic rings. The summed E-state index contributed by atoms with van der Waals surface area (Å²) in [5.74, 6) is -0.874. The van der Waals surface area contributed by atoms with Gasteiger partial charge in [-0.05, 0) is 37.1 Å². The van der Waals surface area contributed by atoms with Crippen molar-refractivity contribution in [3.05, 3.63) is 41.4 Å². The summed E-state index contributed by atoms with van der Waals surface area (Å²) >= 11 is 6.13. The molecule has 0 saturated heterocycles. The number of methoxy groups -OCH3 is 1. The van der Waals surface area contributed by atoms with Gasteiger partial charge < -0.3 is 25.6 Å². The summed E-state index contributed by atoms with van der Waals surface area (Å²) in [4.78, 5) is 22.9. The number of aliphatic hydroxyl groups is 1. The van der Waals surface area contributed by atoms with Crippen molar-refractivity contribution >= 4 is 23.5 Å². The minimum absolute atomic E-state index is 0.0582. The number of hydrogen-bond acceptors (Lipinski definition) is 5. The summed E-state index contributed by atoms with van der Waals surface area (Å²) in [5.41, 5.74) is -0.411. The zero-order valence-corrected chi connectivity index (χ0v) is 15.7. The van der Waals surface area contributed by atoms with Gasteiger partial charge >= 0.3 is 5.97 Å². The fourth-order valence-corrected chi connectivity index (χ4v) is 2.56. The van der Waals surface area contributed by atoms with Crippen molar-refractivity contribution in [1.82, 2.24) is 10.6 Å². The molecule has 4 N–H and O–H groups in total. The summed E-state index contributed by atoms with van der Waals surface area (Å²) in [5, 5.41) is 24.7. The number of hydrogen-bond donors (Lipinski definition) is 4. The predicted molar refractivity (Wildman–Crippen MR) is 99.5 cm³/mol. The molecule has 26 heavy (non-hydrogen) atoms. The van der Waals surface area contributed by atoms with E-state index in [9.17, 15) is 19.8 Å². The molecule has 0 bridgehead atoms.